The van der Waals surface area contributed by atoms with Crippen LogP contribution in [0.5, 0.6) is 11.5 Å². The average Bonchev–Trinajstić information content (AvgIpc) is 2.42. The molecule has 102 valence electrons. The molecule has 0 saturated heterocycles. The second kappa shape index (κ2) is 5.69. The van der Waals surface area contributed by atoms with Crippen LogP contribution in [0.1, 0.15) is 5.56 Å². The summed E-state index contributed by atoms with van der Waals surface area (Å²) in [6.45, 7) is 1.84. The van der Waals surface area contributed by atoms with E-state index in [2.05, 4.69) is 4.40 Å². The monoisotopic (exact) mass is 289 g/mol. The van der Waals surface area contributed by atoms with Crippen LogP contribution < -0.4 is 4.74 Å². The molecule has 0 N–H and O–H groups in total. The third-order valence-electron chi connectivity index (χ3n) is 2.60. The predicted octanol–water partition coefficient (Wildman–Crippen LogP) is 2.81. The van der Waals surface area contributed by atoms with Crippen LogP contribution in [0.2, 0.25) is 0 Å². The molecule has 0 heterocycles. The number of benzene rings is 2. The summed E-state index contributed by atoms with van der Waals surface area (Å²) in [5, 5.41) is 0. The number of rotatable bonds is 4. The molecule has 20 heavy (non-hydrogen) atoms. The maximum atomic E-state index is 11.8. The van der Waals surface area contributed by atoms with Gasteiger partial charge in [0.15, 0.2) is 0 Å². The van der Waals surface area contributed by atoms with Crippen LogP contribution in [-0.2, 0) is 14.8 Å². The molecule has 0 aliphatic heterocycles. The molecular weight excluding hydrogens is 278 g/mol. The van der Waals surface area contributed by atoms with Crippen molar-refractivity contribution in [1.29, 1.82) is 0 Å². The van der Waals surface area contributed by atoms with E-state index in [1.807, 2.05) is 19.1 Å². The first-order chi connectivity index (χ1) is 9.54. The fourth-order valence-electron chi connectivity index (χ4n) is 1.64. The van der Waals surface area contributed by atoms with Crippen molar-refractivity contribution in [2.75, 3.05) is 0 Å². The Balaban J connectivity index is 2.49. The lowest BCUT2D eigenvalue weighted by Crippen LogP contribution is -2.00. The highest BCUT2D eigenvalue weighted by Crippen LogP contribution is 2.31. The summed E-state index contributed by atoms with van der Waals surface area (Å²) < 4.78 is 32.1. The molecule has 0 amide bonds. The number of para-hydroxylation sites is 2. The number of hydrogen-bond donors (Lipinski definition) is 0. The van der Waals surface area contributed by atoms with Crippen molar-refractivity contribution < 1.29 is 17.9 Å². The van der Waals surface area contributed by atoms with Gasteiger partial charge in [-0.05, 0) is 30.7 Å². The molecule has 6 heteroatoms. The molecule has 0 atom stereocenters. The van der Waals surface area contributed by atoms with Gasteiger partial charge in [-0.1, -0.05) is 34.7 Å². The minimum atomic E-state index is -4.10. The number of carbonyl (C=O) groups excluding carboxylic acids is 1. The largest absolute Gasteiger partial charge is 0.456 e. The topological polar surface area (TPSA) is 72.8 Å². The summed E-state index contributed by atoms with van der Waals surface area (Å²) in [7, 11) is -4.10. The van der Waals surface area contributed by atoms with E-state index in [9.17, 15) is 13.2 Å². The van der Waals surface area contributed by atoms with E-state index in [0.29, 0.717) is 5.75 Å². The molecule has 0 fully saturated rings. The molecule has 2 rings (SSSR count). The third-order valence-corrected chi connectivity index (χ3v) is 3.81. The lowest BCUT2D eigenvalue weighted by atomic mass is 10.2. The van der Waals surface area contributed by atoms with Crippen LogP contribution >= 0.6 is 0 Å². The number of nitrogens with zero attached hydrogens (tertiary/aromatic N) is 1. The zero-order chi connectivity index (χ0) is 14.6. The maximum Gasteiger partial charge on any atom is 0.296 e. The van der Waals surface area contributed by atoms with Crippen LogP contribution in [0.25, 0.3) is 0 Å². The summed E-state index contributed by atoms with van der Waals surface area (Å²) in [6, 6.07) is 13.2. The Hall–Kier alpha value is -2.43. The van der Waals surface area contributed by atoms with Crippen LogP contribution in [-0.4, -0.2) is 14.5 Å². The van der Waals surface area contributed by atoms with Crippen molar-refractivity contribution in [1.82, 2.24) is 0 Å². The van der Waals surface area contributed by atoms with Gasteiger partial charge in [0.25, 0.3) is 16.1 Å². The Labute approximate surface area is 116 Å². The van der Waals surface area contributed by atoms with Crippen molar-refractivity contribution >= 4 is 16.1 Å². The number of isocyanates is 1. The van der Waals surface area contributed by atoms with Gasteiger partial charge in [-0.15, -0.1) is 0 Å². The molecule has 0 unspecified atom stereocenters. The van der Waals surface area contributed by atoms with Gasteiger partial charge >= 0.3 is 0 Å². The van der Waals surface area contributed by atoms with Crippen molar-refractivity contribution in [2.24, 2.45) is 4.40 Å². The SMILES string of the molecule is Cc1ccccc1Oc1ccccc1S(=O)(=O)N=C=O. The van der Waals surface area contributed by atoms with Crippen LogP contribution in [0.4, 0.5) is 0 Å². The molecule has 0 aliphatic carbocycles. The predicted molar refractivity (Wildman–Crippen MR) is 73.0 cm³/mol. The smallest absolute Gasteiger partial charge is 0.296 e. The Morgan fingerprint density at radius 3 is 2.25 bits per heavy atom. The highest BCUT2D eigenvalue weighted by atomic mass is 32.2. The first-order valence-corrected chi connectivity index (χ1v) is 7.15. The van der Waals surface area contributed by atoms with Crippen LogP contribution in [0.15, 0.2) is 57.8 Å². The molecule has 0 aromatic heterocycles. The van der Waals surface area contributed by atoms with E-state index in [0.717, 1.165) is 11.6 Å². The minimum absolute atomic E-state index is 0.112. The zero-order valence-corrected chi connectivity index (χ0v) is 11.4. The number of aryl methyl sites for hydroxylation is 1. The van der Waals surface area contributed by atoms with Crippen LogP contribution in [0, 0.1) is 6.92 Å². The Morgan fingerprint density at radius 1 is 1.00 bits per heavy atom. The molecule has 0 spiro atoms. The fourth-order valence-corrected chi connectivity index (χ4v) is 2.45. The number of hydrogen-bond acceptors (Lipinski definition) is 4. The van der Waals surface area contributed by atoms with Crippen molar-refractivity contribution in [3.8, 4) is 11.5 Å². The van der Waals surface area contributed by atoms with E-state index in [-0.39, 0.29) is 10.6 Å². The Kier molecular flexibility index (Phi) is 3.98. The summed E-state index contributed by atoms with van der Waals surface area (Å²) in [5.41, 5.74) is 0.860. The second-order valence-corrected chi connectivity index (χ2v) is 5.54. The second-order valence-electron chi connectivity index (χ2n) is 3.97. The first-order valence-electron chi connectivity index (χ1n) is 5.71. The molecule has 0 saturated carbocycles. The van der Waals surface area contributed by atoms with Gasteiger partial charge in [0.2, 0.25) is 0 Å². The highest BCUT2D eigenvalue weighted by molar-refractivity contribution is 7.90. The Morgan fingerprint density at radius 2 is 1.60 bits per heavy atom. The van der Waals surface area contributed by atoms with Gasteiger partial charge < -0.3 is 4.74 Å². The Bertz CT molecular complexity index is 777. The van der Waals surface area contributed by atoms with Crippen molar-refractivity contribution in [2.45, 2.75) is 11.8 Å². The van der Waals surface area contributed by atoms with Gasteiger partial charge in [0.05, 0.1) is 0 Å². The van der Waals surface area contributed by atoms with Gasteiger partial charge in [0, 0.05) is 0 Å². The molecule has 5 nitrogen and oxygen atoms in total. The van der Waals surface area contributed by atoms with E-state index in [1.54, 1.807) is 18.2 Å². The number of ether oxygens (including phenoxy) is 1. The third kappa shape index (κ3) is 2.93. The number of sulfonamides is 1. The van der Waals surface area contributed by atoms with E-state index < -0.39 is 10.0 Å². The molecule has 0 bridgehead atoms. The van der Waals surface area contributed by atoms with Gasteiger partial charge in [-0.2, -0.15) is 8.42 Å². The van der Waals surface area contributed by atoms with E-state index >= 15 is 0 Å². The molecule has 2 aromatic rings. The molecule has 0 radical (unpaired) electrons. The van der Waals surface area contributed by atoms with Crippen molar-refractivity contribution in [3.63, 3.8) is 0 Å². The normalized spacial score (nSPS) is 10.7. The molecule has 0 aliphatic rings. The lowest BCUT2D eigenvalue weighted by molar-refractivity contribution is 0.464. The van der Waals surface area contributed by atoms with Gasteiger partial charge in [-0.25, -0.2) is 4.79 Å². The van der Waals surface area contributed by atoms with E-state index in [4.69, 9.17) is 4.74 Å². The highest BCUT2D eigenvalue weighted by Gasteiger charge is 2.19. The van der Waals surface area contributed by atoms with Crippen LogP contribution in [0.3, 0.4) is 0 Å². The minimum Gasteiger partial charge on any atom is -0.456 e. The standard InChI is InChI=1S/C14H11NO4S/c1-11-6-2-3-7-12(11)19-13-8-4-5-9-14(13)20(17,18)15-10-16/h2-9H,1H3. The summed E-state index contributed by atoms with van der Waals surface area (Å²) in [5.74, 6) is 0.644. The maximum absolute atomic E-state index is 11.8. The van der Waals surface area contributed by atoms with Gasteiger partial charge in [0.1, 0.15) is 16.4 Å². The fraction of sp³-hybridized carbons (Fsp3) is 0.0714. The molecular formula is C14H11NO4S. The lowest BCUT2D eigenvalue weighted by Gasteiger charge is -2.10. The zero-order valence-electron chi connectivity index (χ0n) is 10.6. The quantitative estimate of drug-likeness (QED) is 0.641. The summed E-state index contributed by atoms with van der Waals surface area (Å²) in [4.78, 5) is 10.0. The van der Waals surface area contributed by atoms with Gasteiger partial charge in [-0.3, -0.25) is 0 Å². The first kappa shape index (κ1) is 14.0. The van der Waals surface area contributed by atoms with Crippen molar-refractivity contribution in [3.05, 3.63) is 54.1 Å². The summed E-state index contributed by atoms with van der Waals surface area (Å²) in [6.07, 6.45) is 1.04. The van der Waals surface area contributed by atoms with E-state index in [1.165, 1.54) is 18.2 Å². The molecule has 2 aromatic carbocycles. The average molecular weight is 289 g/mol. The summed E-state index contributed by atoms with van der Waals surface area (Å²) >= 11 is 0.